The summed E-state index contributed by atoms with van der Waals surface area (Å²) in [6, 6.07) is -2.85. The summed E-state index contributed by atoms with van der Waals surface area (Å²) in [5.74, 6) is 0. The van der Waals surface area contributed by atoms with Gasteiger partial charge in [-0.15, -0.1) is 3.89 Å². The predicted molar refractivity (Wildman–Crippen MR) is 21.0 cm³/mol. The number of rotatable bonds is 2. The minimum Gasteiger partial charge on any atom is -0.256 e. The maximum absolute atomic E-state index is 11.3. The van der Waals surface area contributed by atoms with E-state index in [1.165, 1.54) is 0 Å². The second-order valence-corrected chi connectivity index (χ2v) is 2.46. The van der Waals surface area contributed by atoms with Gasteiger partial charge in [0.15, 0.2) is 0 Å². The lowest BCUT2D eigenvalue weighted by Gasteiger charge is -1.90. The lowest BCUT2D eigenvalue weighted by Crippen LogP contribution is -2.18. The number of hydrogen-bond acceptors (Lipinski definition) is 3. The summed E-state index contributed by atoms with van der Waals surface area (Å²) >= 11 is 0. The third-order valence-corrected chi connectivity index (χ3v) is 1.11. The lowest BCUT2D eigenvalue weighted by molar-refractivity contribution is -0.131. The number of alkyl halides is 1. The zero-order valence-corrected chi connectivity index (χ0v) is 4.66. The molecule has 0 spiro atoms. The van der Waals surface area contributed by atoms with Gasteiger partial charge in [0.2, 0.25) is 0 Å². The summed E-state index contributed by atoms with van der Waals surface area (Å²) in [5.41, 5.74) is -3.68. The molecule has 0 aliphatic carbocycles. The van der Waals surface area contributed by atoms with Gasteiger partial charge in [-0.1, -0.05) is 0 Å². The van der Waals surface area contributed by atoms with Gasteiger partial charge in [0.05, 0.1) is 0 Å². The Hall–Kier alpha value is -0.590. The van der Waals surface area contributed by atoms with Gasteiger partial charge < -0.3 is 0 Å². The standard InChI is InChI=1S/C2HF3O3S/c3-1(6)2(4)9(5,7)8/h2H. The van der Waals surface area contributed by atoms with Gasteiger partial charge in [0.25, 0.3) is 0 Å². The smallest absolute Gasteiger partial charge is 0.256 e. The molecule has 9 heavy (non-hydrogen) atoms. The minimum absolute atomic E-state index is 2.85. The van der Waals surface area contributed by atoms with Crippen molar-refractivity contribution in [3.05, 3.63) is 0 Å². The fraction of sp³-hybridized carbons (Fsp3) is 0.500. The molecule has 0 heterocycles. The number of carbonyl (C=O) groups excluding carboxylic acids is 1. The molecule has 0 radical (unpaired) electrons. The molecule has 54 valence electrons. The molecule has 0 rings (SSSR count). The van der Waals surface area contributed by atoms with Crippen molar-refractivity contribution in [2.24, 2.45) is 0 Å². The average Bonchev–Trinajstić information content (AvgIpc) is 1.62. The summed E-state index contributed by atoms with van der Waals surface area (Å²) in [6.45, 7) is 0. The Morgan fingerprint density at radius 1 is 1.44 bits per heavy atom. The molecule has 1 unspecified atom stereocenters. The van der Waals surface area contributed by atoms with Crippen LogP contribution in [0.1, 0.15) is 0 Å². The van der Waals surface area contributed by atoms with Crippen LogP contribution < -0.4 is 0 Å². The first-order chi connectivity index (χ1) is 3.85. The molecule has 0 aromatic rings. The monoisotopic (exact) mass is 162 g/mol. The van der Waals surface area contributed by atoms with E-state index in [0.717, 1.165) is 0 Å². The third-order valence-electron chi connectivity index (χ3n) is 0.426. The van der Waals surface area contributed by atoms with Crippen LogP contribution in [0.5, 0.6) is 0 Å². The molecular weight excluding hydrogens is 161 g/mol. The normalized spacial score (nSPS) is 15.0. The van der Waals surface area contributed by atoms with Crippen LogP contribution in [0.25, 0.3) is 0 Å². The highest BCUT2D eigenvalue weighted by atomic mass is 32.3. The maximum Gasteiger partial charge on any atom is 0.353 e. The molecule has 3 nitrogen and oxygen atoms in total. The van der Waals surface area contributed by atoms with Gasteiger partial charge in [-0.25, -0.2) is 4.39 Å². The van der Waals surface area contributed by atoms with Crippen LogP contribution in [0.3, 0.4) is 0 Å². The fourth-order valence-electron chi connectivity index (χ4n) is 0.111. The van der Waals surface area contributed by atoms with Crippen molar-refractivity contribution in [3.8, 4) is 0 Å². The van der Waals surface area contributed by atoms with Crippen LogP contribution in [0, 0.1) is 0 Å². The van der Waals surface area contributed by atoms with Crippen LogP contribution in [-0.2, 0) is 15.0 Å². The highest BCUT2D eigenvalue weighted by Gasteiger charge is 2.32. The summed E-state index contributed by atoms with van der Waals surface area (Å²) in [5, 5.41) is 0. The van der Waals surface area contributed by atoms with E-state index in [1.54, 1.807) is 0 Å². The molecule has 0 saturated carbocycles. The van der Waals surface area contributed by atoms with E-state index in [1.807, 2.05) is 0 Å². The van der Waals surface area contributed by atoms with E-state index >= 15 is 0 Å². The van der Waals surface area contributed by atoms with E-state index in [9.17, 15) is 21.1 Å². The average molecular weight is 162 g/mol. The van der Waals surface area contributed by atoms with E-state index in [-0.39, 0.29) is 0 Å². The Balaban J connectivity index is 4.43. The van der Waals surface area contributed by atoms with Crippen LogP contribution in [0.2, 0.25) is 0 Å². The number of halogens is 3. The van der Waals surface area contributed by atoms with Crippen molar-refractivity contribution in [1.82, 2.24) is 0 Å². The number of hydrogen-bond donors (Lipinski definition) is 0. The summed E-state index contributed by atoms with van der Waals surface area (Å²) in [7, 11) is -5.69. The van der Waals surface area contributed by atoms with E-state index in [0.29, 0.717) is 0 Å². The molecule has 7 heteroatoms. The van der Waals surface area contributed by atoms with Gasteiger partial charge in [-0.05, 0) is 0 Å². The first-order valence-corrected chi connectivity index (χ1v) is 3.07. The first kappa shape index (κ1) is 8.41. The molecule has 0 aromatic carbocycles. The maximum atomic E-state index is 11.3. The Kier molecular flexibility index (Phi) is 2.19. The first-order valence-electron chi connectivity index (χ1n) is 1.62. The van der Waals surface area contributed by atoms with Crippen LogP contribution in [0.15, 0.2) is 0 Å². The Morgan fingerprint density at radius 2 is 1.78 bits per heavy atom. The largest absolute Gasteiger partial charge is 0.353 e. The molecule has 1 atom stereocenters. The second-order valence-electron chi connectivity index (χ2n) is 1.10. The molecule has 0 fully saturated rings. The second kappa shape index (κ2) is 2.34. The van der Waals surface area contributed by atoms with E-state index in [4.69, 9.17) is 4.79 Å². The quantitative estimate of drug-likeness (QED) is 0.540. The van der Waals surface area contributed by atoms with Gasteiger partial charge in [-0.2, -0.15) is 12.8 Å². The molecule has 0 aliphatic rings. The zero-order chi connectivity index (χ0) is 7.65. The highest BCUT2D eigenvalue weighted by Crippen LogP contribution is 2.06. The van der Waals surface area contributed by atoms with Crippen molar-refractivity contribution >= 4 is 16.3 Å². The zero-order valence-electron chi connectivity index (χ0n) is 3.84. The summed E-state index contributed by atoms with van der Waals surface area (Å²) < 4.78 is 52.0. The van der Waals surface area contributed by atoms with Crippen molar-refractivity contribution in [1.29, 1.82) is 0 Å². The van der Waals surface area contributed by atoms with E-state index in [2.05, 4.69) is 0 Å². The van der Waals surface area contributed by atoms with Crippen molar-refractivity contribution < 1.29 is 25.9 Å². The Morgan fingerprint density at radius 3 is 1.78 bits per heavy atom. The van der Waals surface area contributed by atoms with Crippen molar-refractivity contribution in [3.63, 3.8) is 0 Å². The van der Waals surface area contributed by atoms with Crippen LogP contribution in [0.4, 0.5) is 12.7 Å². The van der Waals surface area contributed by atoms with Gasteiger partial charge >= 0.3 is 21.8 Å². The van der Waals surface area contributed by atoms with Crippen LogP contribution in [-0.4, -0.2) is 20.0 Å². The van der Waals surface area contributed by atoms with Gasteiger partial charge in [-0.3, -0.25) is 4.79 Å². The van der Waals surface area contributed by atoms with Crippen molar-refractivity contribution in [2.45, 2.75) is 5.50 Å². The Bertz CT molecular complexity index is 207. The molecule has 0 saturated heterocycles. The molecular formula is C2HF3O3S. The third kappa shape index (κ3) is 2.45. The van der Waals surface area contributed by atoms with Gasteiger partial charge in [0, 0.05) is 0 Å². The SMILES string of the molecule is O=C(F)C(F)S(=O)(=O)F. The lowest BCUT2D eigenvalue weighted by atomic mass is 10.8. The molecule has 0 N–H and O–H groups in total. The van der Waals surface area contributed by atoms with Gasteiger partial charge in [0.1, 0.15) is 0 Å². The van der Waals surface area contributed by atoms with Crippen LogP contribution >= 0.6 is 0 Å². The topological polar surface area (TPSA) is 51.2 Å². The molecule has 0 bridgehead atoms. The highest BCUT2D eigenvalue weighted by molar-refractivity contribution is 7.87. The molecule has 0 amide bonds. The fourth-order valence-corrected chi connectivity index (χ4v) is 0.332. The number of carbonyl (C=O) groups is 1. The molecule has 0 aromatic heterocycles. The summed E-state index contributed by atoms with van der Waals surface area (Å²) in [4.78, 5) is 9.13. The molecule has 0 aliphatic heterocycles. The Labute approximate surface area is 48.7 Å². The minimum atomic E-state index is -5.69. The van der Waals surface area contributed by atoms with E-state index < -0.39 is 21.8 Å². The van der Waals surface area contributed by atoms with Crippen molar-refractivity contribution in [2.75, 3.05) is 0 Å². The predicted octanol–water partition coefficient (Wildman–Crippen LogP) is 0.0774. The summed E-state index contributed by atoms with van der Waals surface area (Å²) in [6.07, 6.45) is 0.